The Morgan fingerprint density at radius 2 is 1.81 bits per heavy atom. The number of rotatable bonds is 9. The molecule has 1 aromatic carbocycles. The van der Waals surface area contributed by atoms with Gasteiger partial charge < -0.3 is 20.3 Å². The van der Waals surface area contributed by atoms with Crippen molar-refractivity contribution in [2.45, 2.75) is 72.1 Å². The third-order valence-electron chi connectivity index (χ3n) is 4.83. The molecule has 0 aliphatic rings. The number of benzene rings is 1. The van der Waals surface area contributed by atoms with E-state index in [1.165, 1.54) is 4.90 Å². The predicted molar refractivity (Wildman–Crippen MR) is 126 cm³/mol. The van der Waals surface area contributed by atoms with Gasteiger partial charge in [-0.1, -0.05) is 31.5 Å². The van der Waals surface area contributed by atoms with E-state index in [1.807, 2.05) is 39.0 Å². The second-order valence-corrected chi connectivity index (χ2v) is 9.09. The number of nitrogens with zero attached hydrogens (tertiary/aromatic N) is 1. The van der Waals surface area contributed by atoms with Gasteiger partial charge in [-0.2, -0.15) is 12.6 Å². The Labute approximate surface area is 191 Å². The molecule has 0 heterocycles. The van der Waals surface area contributed by atoms with Crippen molar-refractivity contribution in [3.63, 3.8) is 0 Å². The normalized spacial score (nSPS) is 13.2. The van der Waals surface area contributed by atoms with Crippen molar-refractivity contribution >= 4 is 30.5 Å². The SMILES string of the molecule is CCCCNC(=O)C(c1ccc(C)c(C)c1)N(C)C(=O)C(CS)NC(=O)OC(C)(C)C. The first-order valence-electron chi connectivity index (χ1n) is 10.6. The number of aryl methyl sites for hydroxylation is 2. The van der Waals surface area contributed by atoms with Gasteiger partial charge in [-0.3, -0.25) is 9.59 Å². The average molecular weight is 452 g/mol. The minimum Gasteiger partial charge on any atom is -0.444 e. The van der Waals surface area contributed by atoms with Gasteiger partial charge in [-0.15, -0.1) is 0 Å². The van der Waals surface area contributed by atoms with Crippen LogP contribution in [0.25, 0.3) is 0 Å². The maximum Gasteiger partial charge on any atom is 0.408 e. The van der Waals surface area contributed by atoms with Gasteiger partial charge in [0.2, 0.25) is 11.8 Å². The van der Waals surface area contributed by atoms with Crippen molar-refractivity contribution in [2.24, 2.45) is 0 Å². The largest absolute Gasteiger partial charge is 0.444 e. The van der Waals surface area contributed by atoms with E-state index < -0.39 is 29.7 Å². The molecule has 7 nitrogen and oxygen atoms in total. The Morgan fingerprint density at radius 1 is 1.16 bits per heavy atom. The number of likely N-dealkylation sites (N-methyl/N-ethyl adjacent to an activating group) is 1. The Balaban J connectivity index is 3.14. The summed E-state index contributed by atoms with van der Waals surface area (Å²) in [6.45, 7) is 11.8. The van der Waals surface area contributed by atoms with E-state index in [2.05, 4.69) is 23.3 Å². The van der Waals surface area contributed by atoms with Gasteiger partial charge in [0.05, 0.1) is 0 Å². The van der Waals surface area contributed by atoms with Crippen molar-refractivity contribution < 1.29 is 19.1 Å². The molecular weight excluding hydrogens is 414 g/mol. The Bertz CT molecular complexity index is 777. The van der Waals surface area contributed by atoms with Gasteiger partial charge in [0.15, 0.2) is 0 Å². The predicted octanol–water partition coefficient (Wildman–Crippen LogP) is 3.54. The van der Waals surface area contributed by atoms with E-state index in [-0.39, 0.29) is 11.7 Å². The molecule has 31 heavy (non-hydrogen) atoms. The number of carbonyl (C=O) groups excluding carboxylic acids is 3. The third kappa shape index (κ3) is 8.44. The number of carbonyl (C=O) groups is 3. The summed E-state index contributed by atoms with van der Waals surface area (Å²) in [7, 11) is 1.56. The van der Waals surface area contributed by atoms with Gasteiger partial charge in [-0.05, 0) is 57.7 Å². The van der Waals surface area contributed by atoms with Crippen molar-refractivity contribution in [1.82, 2.24) is 15.5 Å². The first kappa shape index (κ1) is 26.8. The summed E-state index contributed by atoms with van der Waals surface area (Å²) in [5.41, 5.74) is 2.15. The molecule has 174 valence electrons. The zero-order valence-corrected chi connectivity index (χ0v) is 20.6. The molecule has 0 aliphatic heterocycles. The van der Waals surface area contributed by atoms with Gasteiger partial charge >= 0.3 is 6.09 Å². The summed E-state index contributed by atoms with van der Waals surface area (Å²) in [4.78, 5) is 39.8. The molecule has 0 radical (unpaired) electrons. The minimum absolute atomic E-state index is 0.0690. The fourth-order valence-electron chi connectivity index (χ4n) is 2.98. The van der Waals surface area contributed by atoms with E-state index >= 15 is 0 Å². The van der Waals surface area contributed by atoms with Crippen molar-refractivity contribution in [2.75, 3.05) is 19.3 Å². The Kier molecular flexibility index (Phi) is 10.4. The number of hydrogen-bond acceptors (Lipinski definition) is 5. The monoisotopic (exact) mass is 451 g/mol. The number of amides is 3. The molecule has 0 aromatic heterocycles. The Hall–Kier alpha value is -2.22. The van der Waals surface area contributed by atoms with Crippen molar-refractivity contribution in [3.05, 3.63) is 34.9 Å². The van der Waals surface area contributed by atoms with Crippen LogP contribution in [0.5, 0.6) is 0 Å². The highest BCUT2D eigenvalue weighted by Crippen LogP contribution is 2.23. The van der Waals surface area contributed by atoms with Crippen LogP contribution in [0, 0.1) is 13.8 Å². The summed E-state index contributed by atoms with van der Waals surface area (Å²) in [6, 6.07) is 3.95. The number of hydrogen-bond donors (Lipinski definition) is 3. The number of thiol groups is 1. The van der Waals surface area contributed by atoms with Crippen LogP contribution < -0.4 is 10.6 Å². The van der Waals surface area contributed by atoms with Crippen molar-refractivity contribution in [3.8, 4) is 0 Å². The molecule has 2 atom stereocenters. The molecule has 0 bridgehead atoms. The van der Waals surface area contributed by atoms with Crippen LogP contribution >= 0.6 is 12.6 Å². The highest BCUT2D eigenvalue weighted by atomic mass is 32.1. The molecular formula is C23H37N3O4S. The van der Waals surface area contributed by atoms with E-state index in [1.54, 1.807) is 27.8 Å². The molecule has 0 aliphatic carbocycles. The first-order chi connectivity index (χ1) is 14.4. The number of alkyl carbamates (subject to hydrolysis) is 1. The number of ether oxygens (including phenoxy) is 1. The minimum atomic E-state index is -0.930. The fourth-order valence-corrected chi connectivity index (χ4v) is 3.23. The molecule has 2 N–H and O–H groups in total. The number of nitrogens with one attached hydrogen (secondary N) is 2. The lowest BCUT2D eigenvalue weighted by molar-refractivity contribution is -0.140. The lowest BCUT2D eigenvalue weighted by Gasteiger charge is -2.31. The van der Waals surface area contributed by atoms with Crippen LogP contribution in [0.2, 0.25) is 0 Å². The summed E-state index contributed by atoms with van der Waals surface area (Å²) < 4.78 is 5.25. The van der Waals surface area contributed by atoms with Gasteiger partial charge in [0.1, 0.15) is 17.7 Å². The molecule has 0 fully saturated rings. The second-order valence-electron chi connectivity index (χ2n) is 8.72. The maximum absolute atomic E-state index is 13.2. The molecule has 1 rings (SSSR count). The summed E-state index contributed by atoms with van der Waals surface area (Å²) in [6.07, 6.45) is 1.09. The molecule has 8 heteroatoms. The third-order valence-corrected chi connectivity index (χ3v) is 5.20. The standard InChI is InChI=1S/C23H37N3O4S/c1-8-9-12-24-20(27)19(17-11-10-15(2)16(3)13-17)26(7)21(28)18(14-31)25-22(29)30-23(4,5)6/h10-11,13,18-19,31H,8-9,12,14H2,1-7H3,(H,24,27)(H,25,29). The number of unbranched alkanes of at least 4 members (excludes halogenated alkanes) is 1. The summed E-state index contributed by atoms with van der Waals surface area (Å²) >= 11 is 4.22. The van der Waals surface area contributed by atoms with Crippen LogP contribution in [0.1, 0.15) is 63.3 Å². The molecule has 3 amide bonds. The van der Waals surface area contributed by atoms with E-state index in [0.29, 0.717) is 12.1 Å². The van der Waals surface area contributed by atoms with Crippen LogP contribution in [-0.2, 0) is 14.3 Å². The highest BCUT2D eigenvalue weighted by Gasteiger charge is 2.33. The van der Waals surface area contributed by atoms with Crippen LogP contribution in [0.4, 0.5) is 4.79 Å². The first-order valence-corrected chi connectivity index (χ1v) is 11.3. The summed E-state index contributed by atoms with van der Waals surface area (Å²) in [5.74, 6) is -0.614. The topological polar surface area (TPSA) is 87.7 Å². The molecule has 1 aromatic rings. The van der Waals surface area contributed by atoms with Crippen LogP contribution in [0.15, 0.2) is 18.2 Å². The highest BCUT2D eigenvalue weighted by molar-refractivity contribution is 7.80. The van der Waals surface area contributed by atoms with E-state index in [4.69, 9.17) is 4.74 Å². The Morgan fingerprint density at radius 3 is 2.32 bits per heavy atom. The zero-order chi connectivity index (χ0) is 23.8. The zero-order valence-electron chi connectivity index (χ0n) is 19.7. The quantitative estimate of drug-likeness (QED) is 0.396. The molecule has 0 saturated heterocycles. The van der Waals surface area contributed by atoms with Gasteiger partial charge in [0.25, 0.3) is 0 Å². The lowest BCUT2D eigenvalue weighted by Crippen LogP contribution is -2.52. The summed E-state index contributed by atoms with van der Waals surface area (Å²) in [5, 5.41) is 5.48. The lowest BCUT2D eigenvalue weighted by atomic mass is 9.99. The average Bonchev–Trinajstić information content (AvgIpc) is 2.67. The molecule has 2 unspecified atom stereocenters. The smallest absolute Gasteiger partial charge is 0.408 e. The van der Waals surface area contributed by atoms with Crippen LogP contribution in [-0.4, -0.2) is 53.8 Å². The molecule has 0 saturated carbocycles. The van der Waals surface area contributed by atoms with E-state index in [9.17, 15) is 14.4 Å². The van der Waals surface area contributed by atoms with E-state index in [0.717, 1.165) is 24.0 Å². The van der Waals surface area contributed by atoms with Crippen LogP contribution in [0.3, 0.4) is 0 Å². The molecule has 0 spiro atoms. The second kappa shape index (κ2) is 12.0. The maximum atomic E-state index is 13.2. The van der Waals surface area contributed by atoms with Crippen molar-refractivity contribution in [1.29, 1.82) is 0 Å². The van der Waals surface area contributed by atoms with Gasteiger partial charge in [-0.25, -0.2) is 4.79 Å². The fraction of sp³-hybridized carbons (Fsp3) is 0.609. The van der Waals surface area contributed by atoms with Gasteiger partial charge in [0, 0.05) is 19.3 Å².